The van der Waals surface area contributed by atoms with E-state index in [1.165, 1.54) is 0 Å². The molecule has 0 saturated carbocycles. The fraction of sp³-hybridized carbons (Fsp3) is 0.889. The Labute approximate surface area is 69.4 Å². The molecule has 0 spiro atoms. The molecule has 1 atom stereocenters. The minimum absolute atomic E-state index is 0.0694. The molecule has 11 heavy (non-hydrogen) atoms. The molecular formula is C9H19NO. The first-order valence-electron chi connectivity index (χ1n) is 4.31. The number of rotatable bonds is 5. The van der Waals surface area contributed by atoms with E-state index in [4.69, 9.17) is 0 Å². The Hall–Kier alpha value is -0.370. The molecule has 0 heterocycles. The first-order chi connectivity index (χ1) is 5.07. The highest BCUT2D eigenvalue weighted by molar-refractivity contribution is 5.81. The molecule has 0 unspecified atom stereocenters. The molecule has 0 rings (SSSR count). The summed E-state index contributed by atoms with van der Waals surface area (Å²) in [6.45, 7) is 8.81. The monoisotopic (exact) mass is 157 g/mol. The van der Waals surface area contributed by atoms with Crippen LogP contribution in [0.4, 0.5) is 0 Å². The second-order valence-corrected chi connectivity index (χ2v) is 3.35. The highest BCUT2D eigenvalue weighted by Crippen LogP contribution is 2.04. The Balaban J connectivity index is 3.79. The number of carbonyl (C=O) groups is 1. The lowest BCUT2D eigenvalue weighted by Crippen LogP contribution is -2.36. The van der Waals surface area contributed by atoms with Gasteiger partial charge in [0, 0.05) is 0 Å². The van der Waals surface area contributed by atoms with Crippen LogP contribution in [0.25, 0.3) is 0 Å². The van der Waals surface area contributed by atoms with E-state index in [1.807, 2.05) is 6.92 Å². The average molecular weight is 157 g/mol. The standard InChI is InChI=1S/C9H19NO/c1-5-10-9(8(4)11)6-7(2)3/h7,9-10H,5-6H2,1-4H3/t9-/m0/s1. The lowest BCUT2D eigenvalue weighted by molar-refractivity contribution is -0.119. The third kappa shape index (κ3) is 4.96. The molecule has 0 aromatic heterocycles. The molecule has 0 aliphatic rings. The third-order valence-electron chi connectivity index (χ3n) is 1.65. The van der Waals surface area contributed by atoms with Crippen molar-refractivity contribution < 1.29 is 4.79 Å². The fourth-order valence-corrected chi connectivity index (χ4v) is 1.11. The fourth-order valence-electron chi connectivity index (χ4n) is 1.11. The Bertz CT molecular complexity index is 121. The van der Waals surface area contributed by atoms with Crippen molar-refractivity contribution in [2.75, 3.05) is 6.54 Å². The quantitative estimate of drug-likeness (QED) is 0.656. The zero-order chi connectivity index (χ0) is 8.85. The van der Waals surface area contributed by atoms with E-state index in [0.717, 1.165) is 13.0 Å². The van der Waals surface area contributed by atoms with Gasteiger partial charge in [-0.3, -0.25) is 4.79 Å². The van der Waals surface area contributed by atoms with Gasteiger partial charge in [0.25, 0.3) is 0 Å². The SMILES string of the molecule is CCN[C@@H](CC(C)C)C(C)=O. The van der Waals surface area contributed by atoms with Gasteiger partial charge in [-0.25, -0.2) is 0 Å². The second kappa shape index (κ2) is 5.30. The van der Waals surface area contributed by atoms with Crippen LogP contribution in [-0.4, -0.2) is 18.4 Å². The van der Waals surface area contributed by atoms with Crippen LogP contribution in [0.1, 0.15) is 34.1 Å². The molecule has 2 heteroatoms. The van der Waals surface area contributed by atoms with E-state index in [-0.39, 0.29) is 11.8 Å². The third-order valence-corrected chi connectivity index (χ3v) is 1.65. The van der Waals surface area contributed by atoms with Gasteiger partial charge in [-0.1, -0.05) is 20.8 Å². The second-order valence-electron chi connectivity index (χ2n) is 3.35. The van der Waals surface area contributed by atoms with Gasteiger partial charge in [0.2, 0.25) is 0 Å². The van der Waals surface area contributed by atoms with Crippen LogP contribution in [0.15, 0.2) is 0 Å². The molecule has 2 nitrogen and oxygen atoms in total. The van der Waals surface area contributed by atoms with Gasteiger partial charge in [-0.05, 0) is 25.8 Å². The summed E-state index contributed by atoms with van der Waals surface area (Å²) in [5.41, 5.74) is 0. The Morgan fingerprint density at radius 2 is 2.00 bits per heavy atom. The van der Waals surface area contributed by atoms with Crippen molar-refractivity contribution in [3.63, 3.8) is 0 Å². The van der Waals surface area contributed by atoms with E-state index >= 15 is 0 Å². The normalized spacial score (nSPS) is 13.5. The molecule has 0 aliphatic heterocycles. The summed E-state index contributed by atoms with van der Waals surface area (Å²) in [5, 5.41) is 3.16. The van der Waals surface area contributed by atoms with Crippen molar-refractivity contribution >= 4 is 5.78 Å². The van der Waals surface area contributed by atoms with Gasteiger partial charge in [0.05, 0.1) is 6.04 Å². The molecule has 0 aromatic rings. The number of ketones is 1. The van der Waals surface area contributed by atoms with Gasteiger partial charge >= 0.3 is 0 Å². The smallest absolute Gasteiger partial charge is 0.146 e. The van der Waals surface area contributed by atoms with Crippen LogP contribution in [0.5, 0.6) is 0 Å². The number of hydrogen-bond acceptors (Lipinski definition) is 2. The van der Waals surface area contributed by atoms with Gasteiger partial charge in [0.15, 0.2) is 0 Å². The van der Waals surface area contributed by atoms with Crippen molar-refractivity contribution in [1.82, 2.24) is 5.32 Å². The Morgan fingerprint density at radius 1 is 1.45 bits per heavy atom. The van der Waals surface area contributed by atoms with E-state index in [2.05, 4.69) is 19.2 Å². The molecule has 66 valence electrons. The first-order valence-corrected chi connectivity index (χ1v) is 4.31. The van der Waals surface area contributed by atoms with Crippen LogP contribution in [0, 0.1) is 5.92 Å². The molecule has 0 fully saturated rings. The zero-order valence-corrected chi connectivity index (χ0v) is 7.98. The van der Waals surface area contributed by atoms with Crippen molar-refractivity contribution in [3.8, 4) is 0 Å². The summed E-state index contributed by atoms with van der Waals surface area (Å²) in [5.74, 6) is 0.837. The summed E-state index contributed by atoms with van der Waals surface area (Å²) >= 11 is 0. The largest absolute Gasteiger partial charge is 0.308 e. The van der Waals surface area contributed by atoms with Crippen molar-refractivity contribution in [1.29, 1.82) is 0 Å². The highest BCUT2D eigenvalue weighted by atomic mass is 16.1. The maximum atomic E-state index is 11.0. The molecule has 1 N–H and O–H groups in total. The van der Waals surface area contributed by atoms with Crippen LogP contribution in [0.3, 0.4) is 0 Å². The van der Waals surface area contributed by atoms with E-state index in [1.54, 1.807) is 6.92 Å². The molecule has 0 aromatic carbocycles. The minimum Gasteiger partial charge on any atom is -0.308 e. The zero-order valence-electron chi connectivity index (χ0n) is 7.98. The summed E-state index contributed by atoms with van der Waals surface area (Å²) < 4.78 is 0. The number of Topliss-reactive ketones (excluding diaryl/α,β-unsaturated/α-hetero) is 1. The lowest BCUT2D eigenvalue weighted by atomic mass is 10.0. The Morgan fingerprint density at radius 3 is 2.27 bits per heavy atom. The molecule has 0 radical (unpaired) electrons. The number of likely N-dealkylation sites (N-methyl/N-ethyl adjacent to an activating group) is 1. The average Bonchev–Trinajstić information content (AvgIpc) is 1.86. The molecule has 0 aliphatic carbocycles. The predicted molar refractivity (Wildman–Crippen MR) is 47.6 cm³/mol. The summed E-state index contributed by atoms with van der Waals surface area (Å²) in [4.78, 5) is 11.0. The maximum absolute atomic E-state index is 11.0. The first kappa shape index (κ1) is 10.6. The summed E-state index contributed by atoms with van der Waals surface area (Å²) in [7, 11) is 0. The molecule has 0 bridgehead atoms. The van der Waals surface area contributed by atoms with E-state index in [0.29, 0.717) is 5.92 Å². The van der Waals surface area contributed by atoms with Gasteiger partial charge in [-0.15, -0.1) is 0 Å². The maximum Gasteiger partial charge on any atom is 0.146 e. The highest BCUT2D eigenvalue weighted by Gasteiger charge is 2.13. The number of nitrogens with one attached hydrogen (secondary N) is 1. The van der Waals surface area contributed by atoms with Crippen LogP contribution in [-0.2, 0) is 4.79 Å². The van der Waals surface area contributed by atoms with Gasteiger partial charge in [0.1, 0.15) is 5.78 Å². The summed E-state index contributed by atoms with van der Waals surface area (Å²) in [6.07, 6.45) is 0.948. The molecular weight excluding hydrogens is 138 g/mol. The van der Waals surface area contributed by atoms with Crippen molar-refractivity contribution in [3.05, 3.63) is 0 Å². The van der Waals surface area contributed by atoms with Crippen LogP contribution >= 0.6 is 0 Å². The molecule has 0 amide bonds. The van der Waals surface area contributed by atoms with Gasteiger partial charge < -0.3 is 5.32 Å². The number of carbonyl (C=O) groups excluding carboxylic acids is 1. The van der Waals surface area contributed by atoms with E-state index in [9.17, 15) is 4.79 Å². The van der Waals surface area contributed by atoms with E-state index < -0.39 is 0 Å². The van der Waals surface area contributed by atoms with Crippen molar-refractivity contribution in [2.45, 2.75) is 40.2 Å². The summed E-state index contributed by atoms with van der Waals surface area (Å²) in [6, 6.07) is 0.0694. The van der Waals surface area contributed by atoms with Gasteiger partial charge in [-0.2, -0.15) is 0 Å². The predicted octanol–water partition coefficient (Wildman–Crippen LogP) is 1.60. The Kier molecular flexibility index (Phi) is 5.12. The number of hydrogen-bond donors (Lipinski definition) is 1. The van der Waals surface area contributed by atoms with Crippen LogP contribution < -0.4 is 5.32 Å². The minimum atomic E-state index is 0.0694. The lowest BCUT2D eigenvalue weighted by Gasteiger charge is -2.16. The molecule has 0 saturated heterocycles. The van der Waals surface area contributed by atoms with Crippen LogP contribution in [0.2, 0.25) is 0 Å². The van der Waals surface area contributed by atoms with Crippen molar-refractivity contribution in [2.24, 2.45) is 5.92 Å². The topological polar surface area (TPSA) is 29.1 Å².